The van der Waals surface area contributed by atoms with Crippen molar-refractivity contribution in [2.75, 3.05) is 44.2 Å². The van der Waals surface area contributed by atoms with Crippen molar-refractivity contribution in [3.8, 4) is 28.8 Å². The highest BCUT2D eigenvalue weighted by Crippen LogP contribution is 2.40. The first-order valence-corrected chi connectivity index (χ1v) is 15.4. The predicted octanol–water partition coefficient (Wildman–Crippen LogP) is 4.66. The van der Waals surface area contributed by atoms with Crippen LogP contribution >= 0.6 is 23.2 Å². The Morgan fingerprint density at radius 3 is 2.55 bits per heavy atom. The Hall–Kier alpha value is -3.43. The third kappa shape index (κ3) is 5.20. The number of fused-ring (bicyclic) bond motifs is 1. The number of thiol groups is 1. The van der Waals surface area contributed by atoms with Gasteiger partial charge in [-0.2, -0.15) is 10.4 Å². The average Bonchev–Trinajstić information content (AvgIpc) is 3.32. The number of hydrogen-bond donors (Lipinski definition) is 2. The van der Waals surface area contributed by atoms with Gasteiger partial charge in [0.25, 0.3) is 0 Å². The number of ether oxygens (including phenoxy) is 2. The molecule has 1 atom stereocenters. The zero-order chi connectivity index (χ0) is 28.6. The SMILES string of the molecule is COc1cc2[nH]nc(-c3cnc(N4CC(CN)(N=[SH+](C)C)C4)c(C#N)c3)c2cc1O[C@H](C)c1c(Cl)cncc1Cl. The number of H-pyrrole nitrogens is 1. The van der Waals surface area contributed by atoms with Crippen LogP contribution in [0.1, 0.15) is 24.2 Å². The normalized spacial score (nSPS) is 15.0. The number of rotatable bonds is 8. The number of nitrogens with zero attached hydrogens (tertiary/aromatic N) is 6. The lowest BCUT2D eigenvalue weighted by atomic mass is 9.91. The number of pyridine rings is 2. The molecular formula is C27H29Cl2N8O2S+. The fourth-order valence-corrected chi connectivity index (χ4v) is 6.68. The molecule has 4 aromatic rings. The molecule has 13 heteroatoms. The van der Waals surface area contributed by atoms with Crippen molar-refractivity contribution < 1.29 is 9.47 Å². The zero-order valence-corrected chi connectivity index (χ0v) is 24.8. The lowest BCUT2D eigenvalue weighted by molar-refractivity contribution is 0.216. The van der Waals surface area contributed by atoms with Crippen molar-refractivity contribution in [2.45, 2.75) is 18.6 Å². The summed E-state index contributed by atoms with van der Waals surface area (Å²) in [6.07, 6.45) is 8.49. The third-order valence-electron chi connectivity index (χ3n) is 6.77. The molecule has 0 amide bonds. The maximum Gasteiger partial charge on any atom is 0.162 e. The number of anilines is 1. The third-order valence-corrected chi connectivity index (χ3v) is 8.20. The van der Waals surface area contributed by atoms with Gasteiger partial charge >= 0.3 is 0 Å². The average molecular weight is 601 g/mol. The summed E-state index contributed by atoms with van der Waals surface area (Å²) >= 11 is 12.7. The summed E-state index contributed by atoms with van der Waals surface area (Å²) in [6.45, 7) is 3.59. The molecule has 1 saturated heterocycles. The molecule has 208 valence electrons. The summed E-state index contributed by atoms with van der Waals surface area (Å²) in [5.74, 6) is 1.61. The molecule has 0 unspecified atom stereocenters. The highest BCUT2D eigenvalue weighted by Gasteiger charge is 2.45. The van der Waals surface area contributed by atoms with Crippen LogP contribution in [0.25, 0.3) is 22.2 Å². The number of nitrogens with one attached hydrogen (secondary N) is 1. The molecule has 0 saturated carbocycles. The molecule has 1 aliphatic heterocycles. The second-order valence-electron chi connectivity index (χ2n) is 9.84. The van der Waals surface area contributed by atoms with E-state index in [-0.39, 0.29) is 5.54 Å². The molecule has 4 heterocycles. The molecule has 3 N–H and O–H groups in total. The van der Waals surface area contributed by atoms with E-state index >= 15 is 0 Å². The van der Waals surface area contributed by atoms with Gasteiger partial charge in [-0.1, -0.05) is 33.9 Å². The zero-order valence-electron chi connectivity index (χ0n) is 22.4. The number of aromatic amines is 1. The van der Waals surface area contributed by atoms with Gasteiger partial charge in [-0.25, -0.2) is 4.98 Å². The van der Waals surface area contributed by atoms with E-state index in [0.29, 0.717) is 69.4 Å². The van der Waals surface area contributed by atoms with Gasteiger partial charge in [-0.05, 0) is 19.1 Å². The number of benzene rings is 1. The molecular weight excluding hydrogens is 571 g/mol. The van der Waals surface area contributed by atoms with Crippen molar-refractivity contribution in [3.05, 3.63) is 58.0 Å². The first-order valence-electron chi connectivity index (χ1n) is 12.5. The number of nitrogens with two attached hydrogens (primary N) is 1. The fraction of sp³-hybridized carbons (Fsp3) is 0.333. The van der Waals surface area contributed by atoms with Crippen LogP contribution in [0, 0.1) is 11.3 Å². The Balaban J connectivity index is 1.48. The minimum Gasteiger partial charge on any atom is -0.493 e. The molecule has 0 spiro atoms. The summed E-state index contributed by atoms with van der Waals surface area (Å²) in [6, 6.07) is 7.74. The Kier molecular flexibility index (Phi) is 7.88. The van der Waals surface area contributed by atoms with Crippen LogP contribution in [-0.4, -0.2) is 65.0 Å². The summed E-state index contributed by atoms with van der Waals surface area (Å²) in [7, 11) is 1.13. The predicted molar refractivity (Wildman–Crippen MR) is 161 cm³/mol. The van der Waals surface area contributed by atoms with Crippen LogP contribution in [0.3, 0.4) is 0 Å². The van der Waals surface area contributed by atoms with Gasteiger partial charge in [0.05, 0.1) is 53.8 Å². The molecule has 1 aromatic carbocycles. The minimum atomic E-state index is -0.489. The smallest absolute Gasteiger partial charge is 0.162 e. The van der Waals surface area contributed by atoms with E-state index in [9.17, 15) is 5.26 Å². The van der Waals surface area contributed by atoms with E-state index in [1.54, 1.807) is 19.4 Å². The van der Waals surface area contributed by atoms with Crippen molar-refractivity contribution in [3.63, 3.8) is 0 Å². The lowest BCUT2D eigenvalue weighted by Crippen LogP contribution is -2.65. The van der Waals surface area contributed by atoms with Crippen LogP contribution in [0.2, 0.25) is 10.0 Å². The van der Waals surface area contributed by atoms with E-state index in [0.717, 1.165) is 10.9 Å². The van der Waals surface area contributed by atoms with Gasteiger partial charge in [0.15, 0.2) is 11.5 Å². The second-order valence-corrected chi connectivity index (χ2v) is 12.5. The van der Waals surface area contributed by atoms with Crippen LogP contribution < -0.4 is 20.1 Å². The van der Waals surface area contributed by atoms with Crippen molar-refractivity contribution in [1.29, 1.82) is 5.26 Å². The van der Waals surface area contributed by atoms with Crippen molar-refractivity contribution >= 4 is 50.6 Å². The Labute approximate surface area is 244 Å². The quantitative estimate of drug-likeness (QED) is 0.220. The number of methoxy groups -OCH3 is 1. The van der Waals surface area contributed by atoms with E-state index in [4.69, 9.17) is 42.8 Å². The van der Waals surface area contributed by atoms with Gasteiger partial charge < -0.3 is 20.1 Å². The van der Waals surface area contributed by atoms with Crippen LogP contribution in [0.4, 0.5) is 5.82 Å². The molecule has 0 bridgehead atoms. The topological polar surface area (TPSA) is 138 Å². The Bertz CT molecular complexity index is 1640. The summed E-state index contributed by atoms with van der Waals surface area (Å²) in [5.41, 5.74) is 8.89. The first kappa shape index (κ1) is 28.1. The molecule has 3 aromatic heterocycles. The highest BCUT2D eigenvalue weighted by molar-refractivity contribution is 7.85. The minimum absolute atomic E-state index is 0.280. The second kappa shape index (κ2) is 11.2. The van der Waals surface area contributed by atoms with Crippen molar-refractivity contribution in [1.82, 2.24) is 20.2 Å². The van der Waals surface area contributed by atoms with Crippen LogP contribution in [0.5, 0.6) is 11.5 Å². The van der Waals surface area contributed by atoms with Gasteiger partial charge in [-0.3, -0.25) is 10.1 Å². The van der Waals surface area contributed by atoms with Crippen molar-refractivity contribution in [2.24, 2.45) is 10.1 Å². The maximum atomic E-state index is 9.97. The van der Waals surface area contributed by atoms with Gasteiger partial charge in [-0.15, -0.1) is 4.36 Å². The number of nitriles is 1. The largest absolute Gasteiger partial charge is 0.493 e. The van der Waals surface area contributed by atoms with E-state index in [1.165, 1.54) is 12.4 Å². The molecule has 40 heavy (non-hydrogen) atoms. The van der Waals surface area contributed by atoms with Gasteiger partial charge in [0.1, 0.15) is 29.2 Å². The maximum absolute atomic E-state index is 9.97. The van der Waals surface area contributed by atoms with Gasteiger partial charge in [0.2, 0.25) is 0 Å². The van der Waals surface area contributed by atoms with E-state index in [1.807, 2.05) is 24.0 Å². The van der Waals surface area contributed by atoms with E-state index in [2.05, 4.69) is 38.7 Å². The summed E-state index contributed by atoms with van der Waals surface area (Å²) < 4.78 is 16.7. The van der Waals surface area contributed by atoms with Crippen LogP contribution in [0.15, 0.2) is 41.2 Å². The molecule has 1 fully saturated rings. The number of halogens is 2. The molecule has 5 rings (SSSR count). The van der Waals surface area contributed by atoms with E-state index < -0.39 is 16.8 Å². The fourth-order valence-electron chi connectivity index (χ4n) is 4.95. The Morgan fingerprint density at radius 1 is 1.20 bits per heavy atom. The van der Waals surface area contributed by atoms with Crippen LogP contribution in [-0.2, 0) is 10.7 Å². The summed E-state index contributed by atoms with van der Waals surface area (Å²) in [4.78, 5) is 10.7. The lowest BCUT2D eigenvalue weighted by Gasteiger charge is -2.46. The number of aromatic nitrogens is 4. The molecule has 0 radical (unpaired) electrons. The number of hydrogen-bond acceptors (Lipinski definition) is 9. The Morgan fingerprint density at radius 2 is 1.93 bits per heavy atom. The first-order chi connectivity index (χ1) is 19.2. The standard InChI is InChI=1S/C27H28Cl2N8O2S/c1-15(24-19(28)10-32-11-20(24)29)39-23-6-18-21(7-22(23)38-2)34-35-25(18)17-5-16(8-30)26(33-9-17)37-13-27(12-31,14-37)36-40(3)4/h5-7,9-11,15H,12-14,31H2,1-4H3,(H,34,35)/p+1/t15-/m1/s1. The molecule has 1 aliphatic rings. The highest BCUT2D eigenvalue weighted by atomic mass is 35.5. The molecule has 10 nitrogen and oxygen atoms in total. The summed E-state index contributed by atoms with van der Waals surface area (Å²) in [5, 5.41) is 19.1. The monoisotopic (exact) mass is 599 g/mol. The molecule has 0 aliphatic carbocycles. The van der Waals surface area contributed by atoms with Gasteiger partial charge in [0, 0.05) is 47.7 Å².